The number of rotatable bonds is 8. The minimum absolute atomic E-state index is 0.0543. The second kappa shape index (κ2) is 10.5. The molecule has 0 bridgehead atoms. The third-order valence-electron chi connectivity index (χ3n) is 5.95. The molecule has 1 aromatic carbocycles. The number of hydrogen-bond acceptors (Lipinski definition) is 4. The van der Waals surface area contributed by atoms with Crippen molar-refractivity contribution in [2.24, 2.45) is 5.92 Å². The van der Waals surface area contributed by atoms with E-state index in [0.717, 1.165) is 44.6 Å². The van der Waals surface area contributed by atoms with Gasteiger partial charge in [-0.2, -0.15) is 0 Å². The Bertz CT molecular complexity index is 773. The highest BCUT2D eigenvalue weighted by Gasteiger charge is 2.26. The maximum absolute atomic E-state index is 12.9. The number of nitrogens with zero attached hydrogens (tertiary/aromatic N) is 3. The molecule has 1 aromatic heterocycles. The average molecular weight is 396 g/mol. The zero-order valence-electron chi connectivity index (χ0n) is 17.9. The molecule has 2 heterocycles. The molecule has 1 fully saturated rings. The van der Waals surface area contributed by atoms with Gasteiger partial charge in [-0.1, -0.05) is 30.3 Å². The summed E-state index contributed by atoms with van der Waals surface area (Å²) < 4.78 is 5.30. The van der Waals surface area contributed by atoms with Crippen molar-refractivity contribution in [3.05, 3.63) is 65.5 Å². The number of aryl methyl sites for hydroxylation is 1. The van der Waals surface area contributed by atoms with Crippen LogP contribution in [0.5, 0.6) is 0 Å². The van der Waals surface area contributed by atoms with Crippen LogP contribution in [0.15, 0.2) is 48.8 Å². The molecule has 1 amide bonds. The molecule has 0 spiro atoms. The molecule has 5 heteroatoms. The van der Waals surface area contributed by atoms with E-state index in [0.29, 0.717) is 12.5 Å². The van der Waals surface area contributed by atoms with E-state index in [1.165, 1.54) is 11.1 Å². The Labute approximate surface area is 174 Å². The molecule has 5 nitrogen and oxygen atoms in total. The molecule has 1 atom stereocenters. The van der Waals surface area contributed by atoms with Gasteiger partial charge in [0.25, 0.3) is 5.91 Å². The highest BCUT2D eigenvalue weighted by atomic mass is 16.5. The van der Waals surface area contributed by atoms with E-state index in [1.54, 1.807) is 13.3 Å². The lowest BCUT2D eigenvalue weighted by Crippen LogP contribution is -2.43. The molecular formula is C24H33N3O2. The standard InChI is InChI=1S/C24H33N3O2/c1-19-7-4-5-9-23(19)18-26-13-10-21(11-14-26)16-27(24(28)20(2)29-3)17-22-8-6-12-25-15-22/h4-9,12,15,20-21H,10-11,13-14,16-18H2,1-3H3/t20-/m0/s1. The van der Waals surface area contributed by atoms with Crippen LogP contribution in [0.3, 0.4) is 0 Å². The van der Waals surface area contributed by atoms with Gasteiger partial charge in [-0.3, -0.25) is 14.7 Å². The molecule has 3 rings (SSSR count). The number of methoxy groups -OCH3 is 1. The van der Waals surface area contributed by atoms with Crippen molar-refractivity contribution in [1.82, 2.24) is 14.8 Å². The quantitative estimate of drug-likeness (QED) is 0.684. The Balaban J connectivity index is 1.57. The van der Waals surface area contributed by atoms with Crippen LogP contribution in [-0.4, -0.2) is 53.5 Å². The van der Waals surface area contributed by atoms with Crippen LogP contribution < -0.4 is 0 Å². The van der Waals surface area contributed by atoms with Gasteiger partial charge in [0.1, 0.15) is 6.10 Å². The number of hydrogen-bond donors (Lipinski definition) is 0. The van der Waals surface area contributed by atoms with Crippen LogP contribution in [0.1, 0.15) is 36.5 Å². The van der Waals surface area contributed by atoms with Crippen LogP contribution in [0.4, 0.5) is 0 Å². The van der Waals surface area contributed by atoms with Crippen molar-refractivity contribution in [1.29, 1.82) is 0 Å². The van der Waals surface area contributed by atoms with Crippen LogP contribution in [0.2, 0.25) is 0 Å². The van der Waals surface area contributed by atoms with Gasteiger partial charge in [0.05, 0.1) is 0 Å². The molecule has 0 radical (unpaired) electrons. The number of aromatic nitrogens is 1. The second-order valence-electron chi connectivity index (χ2n) is 8.10. The topological polar surface area (TPSA) is 45.7 Å². The first-order chi connectivity index (χ1) is 14.1. The summed E-state index contributed by atoms with van der Waals surface area (Å²) >= 11 is 0. The van der Waals surface area contributed by atoms with E-state index in [9.17, 15) is 4.79 Å². The van der Waals surface area contributed by atoms with E-state index >= 15 is 0 Å². The van der Waals surface area contributed by atoms with Crippen molar-refractivity contribution in [3.8, 4) is 0 Å². The lowest BCUT2D eigenvalue weighted by molar-refractivity contribution is -0.142. The van der Waals surface area contributed by atoms with Crippen molar-refractivity contribution < 1.29 is 9.53 Å². The summed E-state index contributed by atoms with van der Waals surface area (Å²) in [7, 11) is 1.59. The number of amides is 1. The van der Waals surface area contributed by atoms with Crippen molar-refractivity contribution in [2.75, 3.05) is 26.7 Å². The van der Waals surface area contributed by atoms with Gasteiger partial charge in [-0.25, -0.2) is 0 Å². The fraction of sp³-hybridized carbons (Fsp3) is 0.500. The van der Waals surface area contributed by atoms with Gasteiger partial charge in [0, 0.05) is 39.1 Å². The smallest absolute Gasteiger partial charge is 0.251 e. The lowest BCUT2D eigenvalue weighted by Gasteiger charge is -2.35. The Morgan fingerprint density at radius 2 is 2.00 bits per heavy atom. The molecule has 29 heavy (non-hydrogen) atoms. The Hall–Kier alpha value is -2.24. The number of likely N-dealkylation sites (tertiary alicyclic amines) is 1. The van der Waals surface area contributed by atoms with Crippen LogP contribution >= 0.6 is 0 Å². The number of pyridine rings is 1. The van der Waals surface area contributed by atoms with Crippen molar-refractivity contribution in [2.45, 2.75) is 45.9 Å². The molecule has 0 unspecified atom stereocenters. The van der Waals surface area contributed by atoms with Gasteiger partial charge in [0.15, 0.2) is 0 Å². The summed E-state index contributed by atoms with van der Waals surface area (Å²) in [6.07, 6.45) is 5.40. The lowest BCUT2D eigenvalue weighted by atomic mass is 9.95. The Morgan fingerprint density at radius 1 is 1.24 bits per heavy atom. The summed E-state index contributed by atoms with van der Waals surface area (Å²) in [5.74, 6) is 0.575. The first-order valence-corrected chi connectivity index (χ1v) is 10.5. The summed E-state index contributed by atoms with van der Waals surface area (Å²) in [6, 6.07) is 12.6. The van der Waals surface area contributed by atoms with Gasteiger partial charge in [0.2, 0.25) is 0 Å². The monoisotopic (exact) mass is 395 g/mol. The van der Waals surface area contributed by atoms with Gasteiger partial charge < -0.3 is 9.64 Å². The van der Waals surface area contributed by atoms with E-state index in [1.807, 2.05) is 30.2 Å². The third-order valence-corrected chi connectivity index (χ3v) is 5.95. The fourth-order valence-corrected chi connectivity index (χ4v) is 3.97. The number of benzene rings is 1. The molecule has 2 aromatic rings. The number of carbonyl (C=O) groups is 1. The van der Waals surface area contributed by atoms with E-state index in [-0.39, 0.29) is 5.91 Å². The highest BCUT2D eigenvalue weighted by Crippen LogP contribution is 2.22. The molecule has 0 aliphatic carbocycles. The van der Waals surface area contributed by atoms with Gasteiger partial charge in [-0.05, 0) is 68.5 Å². The zero-order valence-corrected chi connectivity index (χ0v) is 17.9. The van der Waals surface area contributed by atoms with E-state index in [2.05, 4.69) is 41.1 Å². The first kappa shape index (κ1) is 21.5. The predicted molar refractivity (Wildman–Crippen MR) is 115 cm³/mol. The fourth-order valence-electron chi connectivity index (χ4n) is 3.97. The second-order valence-corrected chi connectivity index (χ2v) is 8.10. The minimum Gasteiger partial charge on any atom is -0.372 e. The molecule has 1 saturated heterocycles. The predicted octanol–water partition coefficient (Wildman–Crippen LogP) is 3.67. The summed E-state index contributed by atoms with van der Waals surface area (Å²) in [5, 5.41) is 0. The van der Waals surface area contributed by atoms with Crippen molar-refractivity contribution >= 4 is 5.91 Å². The molecule has 1 aliphatic heterocycles. The largest absolute Gasteiger partial charge is 0.372 e. The molecule has 0 N–H and O–H groups in total. The summed E-state index contributed by atoms with van der Waals surface area (Å²) in [6.45, 7) is 8.54. The van der Waals surface area contributed by atoms with Crippen LogP contribution in [-0.2, 0) is 22.6 Å². The first-order valence-electron chi connectivity index (χ1n) is 10.5. The Kier molecular flexibility index (Phi) is 7.78. The number of piperidine rings is 1. The number of ether oxygens (including phenoxy) is 1. The summed E-state index contributed by atoms with van der Waals surface area (Å²) in [4.78, 5) is 21.5. The maximum Gasteiger partial charge on any atom is 0.251 e. The normalized spacial score (nSPS) is 16.5. The SMILES string of the molecule is CO[C@@H](C)C(=O)N(Cc1cccnc1)CC1CCN(Cc2ccccc2C)CC1. The van der Waals surface area contributed by atoms with E-state index < -0.39 is 6.10 Å². The van der Waals surface area contributed by atoms with Gasteiger partial charge in [-0.15, -0.1) is 0 Å². The highest BCUT2D eigenvalue weighted by molar-refractivity contribution is 5.80. The zero-order chi connectivity index (χ0) is 20.6. The van der Waals surface area contributed by atoms with Crippen LogP contribution in [0.25, 0.3) is 0 Å². The molecule has 0 saturated carbocycles. The molecule has 156 valence electrons. The number of carbonyl (C=O) groups excluding carboxylic acids is 1. The maximum atomic E-state index is 12.9. The van der Waals surface area contributed by atoms with Crippen LogP contribution in [0, 0.1) is 12.8 Å². The summed E-state index contributed by atoms with van der Waals surface area (Å²) in [5.41, 5.74) is 3.82. The molecule has 1 aliphatic rings. The molecular weight excluding hydrogens is 362 g/mol. The third kappa shape index (κ3) is 6.12. The average Bonchev–Trinajstić information content (AvgIpc) is 2.76. The van der Waals surface area contributed by atoms with E-state index in [4.69, 9.17) is 4.74 Å². The minimum atomic E-state index is -0.423. The van der Waals surface area contributed by atoms with Crippen molar-refractivity contribution in [3.63, 3.8) is 0 Å². The Morgan fingerprint density at radius 3 is 2.66 bits per heavy atom. The van der Waals surface area contributed by atoms with Gasteiger partial charge >= 0.3 is 0 Å².